The van der Waals surface area contributed by atoms with Crippen LogP contribution in [-0.2, 0) is 20.8 Å². The van der Waals surface area contributed by atoms with Crippen molar-refractivity contribution < 1.29 is 14.4 Å². The second kappa shape index (κ2) is 19.3. The second-order valence-electron chi connectivity index (χ2n) is 12.4. The molecule has 0 aromatic heterocycles. The van der Waals surface area contributed by atoms with E-state index in [1.165, 1.54) is 19.3 Å². The van der Waals surface area contributed by atoms with Gasteiger partial charge in [-0.3, -0.25) is 24.8 Å². The molecule has 0 aliphatic heterocycles. The van der Waals surface area contributed by atoms with Crippen LogP contribution in [0.15, 0.2) is 29.3 Å². The number of amidine groups is 1. The summed E-state index contributed by atoms with van der Waals surface area (Å²) in [7, 11) is 0. The molecule has 0 radical (unpaired) electrons. The third kappa shape index (κ3) is 12.4. The molecule has 2 aliphatic rings. The molecule has 11 N–H and O–H groups in total. The van der Waals surface area contributed by atoms with Crippen molar-refractivity contribution in [2.75, 3.05) is 19.6 Å². The Morgan fingerprint density at radius 2 is 1.64 bits per heavy atom. The molecule has 246 valence electrons. The van der Waals surface area contributed by atoms with Crippen LogP contribution in [0.5, 0.6) is 0 Å². The van der Waals surface area contributed by atoms with Crippen molar-refractivity contribution in [2.45, 2.75) is 89.5 Å². The van der Waals surface area contributed by atoms with E-state index < -0.39 is 11.9 Å². The number of nitrogens with one attached hydrogen (secondary N) is 3. The second-order valence-corrected chi connectivity index (χ2v) is 12.4. The predicted molar refractivity (Wildman–Crippen MR) is 177 cm³/mol. The summed E-state index contributed by atoms with van der Waals surface area (Å²) in [5.41, 5.74) is 23.6. The maximum Gasteiger partial charge on any atom is 0.240 e. The topological polar surface area (TPSA) is 216 Å². The molecule has 1 aromatic carbocycles. The van der Waals surface area contributed by atoms with Crippen molar-refractivity contribution in [1.82, 2.24) is 10.6 Å². The average molecular weight is 633 g/mol. The SMILES string of the molecule is Cl.N=C(N)c1ccc(CC(C(=O)C2CCCC(CNCC(=O)NC(CCCCN=C(N)N)C(N)=O)C2)C2CCCCC2)cc1. The van der Waals surface area contributed by atoms with Gasteiger partial charge in [-0.15, -0.1) is 12.4 Å². The molecular formula is C32H53ClN8O3. The summed E-state index contributed by atoms with van der Waals surface area (Å²) < 4.78 is 0. The number of benzene rings is 1. The molecule has 4 atom stereocenters. The number of Topliss-reactive ketones (excluding diaryl/α,β-unsaturated/α-hetero) is 1. The largest absolute Gasteiger partial charge is 0.384 e. The highest BCUT2D eigenvalue weighted by molar-refractivity contribution is 5.95. The zero-order valence-electron chi connectivity index (χ0n) is 25.9. The van der Waals surface area contributed by atoms with Crippen LogP contribution in [0.3, 0.4) is 0 Å². The first-order valence-corrected chi connectivity index (χ1v) is 16.0. The molecule has 12 heteroatoms. The summed E-state index contributed by atoms with van der Waals surface area (Å²) in [6, 6.07) is 7.03. The number of rotatable bonds is 17. The molecule has 4 unspecified atom stereocenters. The van der Waals surface area contributed by atoms with E-state index in [0.717, 1.165) is 50.5 Å². The maximum atomic E-state index is 14.0. The number of hydrogen-bond acceptors (Lipinski definition) is 6. The van der Waals surface area contributed by atoms with Gasteiger partial charge in [0.25, 0.3) is 0 Å². The standard InChI is InChI=1S/C32H52N8O3.ClH/c33-30(34)24-14-12-21(13-15-24)18-26(23-8-2-1-3-9-23)29(42)25-10-6-7-22(17-25)19-38-20-28(41)40-27(31(35)43)11-4-5-16-39-32(36)37;/h12-15,22-23,25-27,38H,1-11,16-20H2,(H3,33,34)(H2,35,43)(H,40,41)(H4,36,37,39);1H. The number of aliphatic imine (C=N–C) groups is 1. The number of halogens is 1. The van der Waals surface area contributed by atoms with Gasteiger partial charge in [-0.1, -0.05) is 49.9 Å². The summed E-state index contributed by atoms with van der Waals surface area (Å²) in [5, 5.41) is 13.6. The summed E-state index contributed by atoms with van der Waals surface area (Å²) in [6.45, 7) is 1.20. The first-order chi connectivity index (χ1) is 20.6. The van der Waals surface area contributed by atoms with Crippen molar-refractivity contribution in [3.05, 3.63) is 35.4 Å². The first-order valence-electron chi connectivity index (χ1n) is 16.0. The fourth-order valence-corrected chi connectivity index (χ4v) is 6.74. The quantitative estimate of drug-likeness (QED) is 0.0772. The van der Waals surface area contributed by atoms with Gasteiger partial charge >= 0.3 is 0 Å². The van der Waals surface area contributed by atoms with E-state index in [2.05, 4.69) is 15.6 Å². The van der Waals surface area contributed by atoms with Crippen LogP contribution < -0.4 is 33.6 Å². The average Bonchev–Trinajstić information content (AvgIpc) is 2.99. The number of nitrogen functional groups attached to an aromatic ring is 1. The molecule has 0 heterocycles. The third-order valence-electron chi connectivity index (χ3n) is 9.08. The third-order valence-corrected chi connectivity index (χ3v) is 9.08. The highest BCUT2D eigenvalue weighted by Gasteiger charge is 2.36. The lowest BCUT2D eigenvalue weighted by Crippen LogP contribution is -2.47. The first kappa shape index (κ1) is 37.0. The van der Waals surface area contributed by atoms with Crippen molar-refractivity contribution in [2.24, 2.45) is 51.6 Å². The molecule has 3 rings (SSSR count). The fourth-order valence-electron chi connectivity index (χ4n) is 6.74. The lowest BCUT2D eigenvalue weighted by atomic mass is 9.69. The molecule has 11 nitrogen and oxygen atoms in total. The van der Waals surface area contributed by atoms with Crippen LogP contribution in [-0.4, -0.2) is 55.1 Å². The van der Waals surface area contributed by atoms with Gasteiger partial charge < -0.3 is 33.6 Å². The Morgan fingerprint density at radius 3 is 2.27 bits per heavy atom. The zero-order chi connectivity index (χ0) is 31.2. The number of amides is 2. The van der Waals surface area contributed by atoms with Crippen LogP contribution in [0.25, 0.3) is 0 Å². The van der Waals surface area contributed by atoms with Gasteiger partial charge in [-0.25, -0.2) is 0 Å². The molecule has 2 fully saturated rings. The van der Waals surface area contributed by atoms with Crippen molar-refractivity contribution in [3.63, 3.8) is 0 Å². The van der Waals surface area contributed by atoms with Crippen LogP contribution in [0.1, 0.15) is 88.2 Å². The van der Waals surface area contributed by atoms with E-state index in [9.17, 15) is 14.4 Å². The predicted octanol–water partition coefficient (Wildman–Crippen LogP) is 2.51. The lowest BCUT2D eigenvalue weighted by molar-refractivity contribution is -0.130. The lowest BCUT2D eigenvalue weighted by Gasteiger charge is -2.35. The fraction of sp³-hybridized carbons (Fsp3) is 0.656. The van der Waals surface area contributed by atoms with Crippen molar-refractivity contribution in [3.8, 4) is 0 Å². The molecule has 0 bridgehead atoms. The minimum atomic E-state index is -0.736. The molecule has 0 spiro atoms. The zero-order valence-corrected chi connectivity index (χ0v) is 26.7. The number of carbonyl (C=O) groups is 3. The van der Waals surface area contributed by atoms with Crippen LogP contribution in [0, 0.1) is 29.1 Å². The highest BCUT2D eigenvalue weighted by Crippen LogP contribution is 2.38. The number of guanidine groups is 1. The molecule has 2 saturated carbocycles. The van der Waals surface area contributed by atoms with E-state index in [0.29, 0.717) is 55.5 Å². The number of unbranched alkanes of at least 4 members (excludes halogenated alkanes) is 1. The Hall–Kier alpha value is -3.18. The van der Waals surface area contributed by atoms with Gasteiger partial charge in [-0.05, 0) is 81.7 Å². The normalized spacial score (nSPS) is 20.0. The Balaban J connectivity index is 0.00000675. The summed E-state index contributed by atoms with van der Waals surface area (Å²) in [5.74, 6) is 0.424. The van der Waals surface area contributed by atoms with E-state index in [1.54, 1.807) is 0 Å². The van der Waals surface area contributed by atoms with Crippen LogP contribution in [0.2, 0.25) is 0 Å². The Morgan fingerprint density at radius 1 is 0.932 bits per heavy atom. The molecule has 0 saturated heterocycles. The van der Waals surface area contributed by atoms with Crippen molar-refractivity contribution >= 4 is 41.8 Å². The number of primary amides is 1. The number of carbonyl (C=O) groups excluding carboxylic acids is 3. The summed E-state index contributed by atoms with van der Waals surface area (Å²) >= 11 is 0. The van der Waals surface area contributed by atoms with Gasteiger partial charge in [0.1, 0.15) is 17.7 Å². The van der Waals surface area contributed by atoms with Gasteiger partial charge in [0.15, 0.2) is 5.96 Å². The van der Waals surface area contributed by atoms with E-state index in [4.69, 9.17) is 28.3 Å². The highest BCUT2D eigenvalue weighted by atomic mass is 35.5. The molecule has 1 aromatic rings. The maximum absolute atomic E-state index is 14.0. The van der Waals surface area contributed by atoms with E-state index in [-0.39, 0.29) is 48.5 Å². The van der Waals surface area contributed by atoms with E-state index >= 15 is 0 Å². The Labute approximate surface area is 268 Å². The Kier molecular flexibility index (Phi) is 16.2. The number of nitrogens with two attached hydrogens (primary N) is 4. The minimum Gasteiger partial charge on any atom is -0.384 e. The number of nitrogens with zero attached hydrogens (tertiary/aromatic N) is 1. The van der Waals surface area contributed by atoms with Gasteiger partial charge in [0.2, 0.25) is 11.8 Å². The van der Waals surface area contributed by atoms with Gasteiger partial charge in [-0.2, -0.15) is 0 Å². The Bertz CT molecular complexity index is 1100. The molecule has 2 aliphatic carbocycles. The summed E-state index contributed by atoms with van der Waals surface area (Å²) in [4.78, 5) is 42.3. The van der Waals surface area contributed by atoms with Gasteiger partial charge in [0, 0.05) is 23.9 Å². The smallest absolute Gasteiger partial charge is 0.240 e. The monoisotopic (exact) mass is 632 g/mol. The van der Waals surface area contributed by atoms with Crippen LogP contribution >= 0.6 is 12.4 Å². The number of ketones is 1. The molecule has 2 amide bonds. The van der Waals surface area contributed by atoms with Crippen LogP contribution in [0.4, 0.5) is 0 Å². The minimum absolute atomic E-state index is 0. The van der Waals surface area contributed by atoms with Gasteiger partial charge in [0.05, 0.1) is 6.54 Å². The van der Waals surface area contributed by atoms with Crippen molar-refractivity contribution in [1.29, 1.82) is 5.41 Å². The number of hydrogen-bond donors (Lipinski definition) is 7. The molecule has 44 heavy (non-hydrogen) atoms. The summed E-state index contributed by atoms with van der Waals surface area (Å²) in [6.07, 6.45) is 12.1. The molecular weight excluding hydrogens is 580 g/mol. The van der Waals surface area contributed by atoms with E-state index in [1.807, 2.05) is 24.3 Å².